The van der Waals surface area contributed by atoms with Crippen molar-refractivity contribution in [1.29, 1.82) is 0 Å². The summed E-state index contributed by atoms with van der Waals surface area (Å²) in [5, 5.41) is 4.05. The molecule has 21 heavy (non-hydrogen) atoms. The van der Waals surface area contributed by atoms with E-state index in [9.17, 15) is 0 Å². The zero-order valence-electron chi connectivity index (χ0n) is 12.5. The van der Waals surface area contributed by atoms with Crippen LogP contribution in [0, 0.1) is 6.92 Å². The summed E-state index contributed by atoms with van der Waals surface area (Å²) in [5.74, 6) is 1.96. The summed E-state index contributed by atoms with van der Waals surface area (Å²) < 4.78 is 11.4. The molecule has 0 spiro atoms. The van der Waals surface area contributed by atoms with Gasteiger partial charge in [0, 0.05) is 0 Å². The van der Waals surface area contributed by atoms with Gasteiger partial charge in [-0.1, -0.05) is 30.3 Å². The third-order valence-electron chi connectivity index (χ3n) is 4.14. The minimum atomic E-state index is -0.400. The lowest BCUT2D eigenvalue weighted by molar-refractivity contribution is 0.153. The Kier molecular flexibility index (Phi) is 3.68. The predicted molar refractivity (Wildman–Crippen MR) is 78.9 cm³/mol. The third kappa shape index (κ3) is 2.65. The van der Waals surface area contributed by atoms with Crippen molar-refractivity contribution in [3.8, 4) is 5.75 Å². The number of hydrogen-bond acceptors (Lipinski definition) is 5. The van der Waals surface area contributed by atoms with E-state index >= 15 is 0 Å². The predicted octanol–water partition coefficient (Wildman–Crippen LogP) is 3.25. The molecule has 5 heteroatoms. The maximum Gasteiger partial charge on any atom is 0.267 e. The van der Waals surface area contributed by atoms with Crippen LogP contribution in [-0.2, 0) is 5.54 Å². The van der Waals surface area contributed by atoms with Crippen LogP contribution in [-0.4, -0.2) is 10.1 Å². The van der Waals surface area contributed by atoms with Gasteiger partial charge in [-0.25, -0.2) is 0 Å². The zero-order valence-corrected chi connectivity index (χ0v) is 12.5. The molecule has 0 bridgehead atoms. The molecule has 1 aliphatic carbocycles. The van der Waals surface area contributed by atoms with Gasteiger partial charge < -0.3 is 15.0 Å². The van der Waals surface area contributed by atoms with Gasteiger partial charge in [0.15, 0.2) is 11.9 Å². The lowest BCUT2D eigenvalue weighted by Gasteiger charge is -2.34. The minimum Gasteiger partial charge on any atom is -0.480 e. The molecule has 5 nitrogen and oxygen atoms in total. The molecule has 1 aromatic heterocycles. The standard InChI is InChI=1S/C16H21N3O2/c1-3-12(20-13-8-5-4-7-11(13)2)14-18-15(19-21-14)16(17)9-6-10-16/h4-5,7-8,12H,3,6,9-10,17H2,1-2H3. The number of rotatable bonds is 5. The van der Waals surface area contributed by atoms with Crippen molar-refractivity contribution >= 4 is 0 Å². The number of ether oxygens (including phenoxy) is 1. The first kappa shape index (κ1) is 14.1. The molecular weight excluding hydrogens is 266 g/mol. The van der Waals surface area contributed by atoms with E-state index in [-0.39, 0.29) is 6.10 Å². The summed E-state index contributed by atoms with van der Waals surface area (Å²) in [5.41, 5.74) is 6.92. The van der Waals surface area contributed by atoms with E-state index < -0.39 is 5.54 Å². The molecule has 1 atom stereocenters. The van der Waals surface area contributed by atoms with Gasteiger partial charge in [0.25, 0.3) is 5.89 Å². The average molecular weight is 287 g/mol. The van der Waals surface area contributed by atoms with Gasteiger partial charge in [-0.3, -0.25) is 0 Å². The molecule has 1 aromatic carbocycles. The fourth-order valence-electron chi connectivity index (χ4n) is 2.50. The third-order valence-corrected chi connectivity index (χ3v) is 4.14. The van der Waals surface area contributed by atoms with Gasteiger partial charge in [-0.05, 0) is 44.2 Å². The number of nitrogens with two attached hydrogens (primary N) is 1. The van der Waals surface area contributed by atoms with E-state index in [1.807, 2.05) is 38.1 Å². The summed E-state index contributed by atoms with van der Waals surface area (Å²) in [4.78, 5) is 4.47. The van der Waals surface area contributed by atoms with Gasteiger partial charge in [-0.2, -0.15) is 4.98 Å². The molecule has 0 saturated heterocycles. The van der Waals surface area contributed by atoms with Crippen LogP contribution < -0.4 is 10.5 Å². The van der Waals surface area contributed by atoms with Crippen molar-refractivity contribution in [2.24, 2.45) is 5.73 Å². The highest BCUT2D eigenvalue weighted by molar-refractivity contribution is 5.32. The number of para-hydroxylation sites is 1. The van der Waals surface area contributed by atoms with Crippen LogP contribution in [0.5, 0.6) is 5.75 Å². The van der Waals surface area contributed by atoms with Crippen LogP contribution in [0.15, 0.2) is 28.8 Å². The second-order valence-electron chi connectivity index (χ2n) is 5.75. The smallest absolute Gasteiger partial charge is 0.267 e. The molecule has 0 aliphatic heterocycles. The van der Waals surface area contributed by atoms with Crippen LogP contribution >= 0.6 is 0 Å². The highest BCUT2D eigenvalue weighted by Crippen LogP contribution is 2.37. The Morgan fingerprint density at radius 2 is 2.14 bits per heavy atom. The van der Waals surface area contributed by atoms with Gasteiger partial charge in [0.1, 0.15) is 5.75 Å². The molecule has 1 heterocycles. The summed E-state index contributed by atoms with van der Waals surface area (Å²) in [6, 6.07) is 7.91. The first-order valence-corrected chi connectivity index (χ1v) is 7.47. The van der Waals surface area contributed by atoms with Crippen molar-refractivity contribution in [3.05, 3.63) is 41.5 Å². The maximum atomic E-state index is 6.23. The molecule has 2 N–H and O–H groups in total. The molecule has 3 rings (SSSR count). The SMILES string of the molecule is CCC(Oc1ccccc1C)c1nc(C2(N)CCC2)no1. The second kappa shape index (κ2) is 5.48. The fraction of sp³-hybridized carbons (Fsp3) is 0.500. The van der Waals surface area contributed by atoms with Crippen LogP contribution in [0.4, 0.5) is 0 Å². The van der Waals surface area contributed by atoms with Crippen molar-refractivity contribution in [1.82, 2.24) is 10.1 Å². The van der Waals surface area contributed by atoms with Crippen LogP contribution in [0.2, 0.25) is 0 Å². The number of nitrogens with zero attached hydrogens (tertiary/aromatic N) is 2. The Hall–Kier alpha value is -1.88. The van der Waals surface area contributed by atoms with E-state index in [2.05, 4.69) is 10.1 Å². The van der Waals surface area contributed by atoms with Crippen LogP contribution in [0.25, 0.3) is 0 Å². The second-order valence-corrected chi connectivity index (χ2v) is 5.75. The lowest BCUT2D eigenvalue weighted by Crippen LogP contribution is -2.44. The molecule has 1 fully saturated rings. The van der Waals surface area contributed by atoms with E-state index in [1.54, 1.807) is 0 Å². The van der Waals surface area contributed by atoms with Crippen LogP contribution in [0.3, 0.4) is 0 Å². The monoisotopic (exact) mass is 287 g/mol. The van der Waals surface area contributed by atoms with Crippen LogP contribution in [0.1, 0.15) is 56.0 Å². The minimum absolute atomic E-state index is 0.240. The Morgan fingerprint density at radius 3 is 2.76 bits per heavy atom. The van der Waals surface area contributed by atoms with Gasteiger partial charge in [0.2, 0.25) is 0 Å². The van der Waals surface area contributed by atoms with Gasteiger partial charge in [0.05, 0.1) is 5.54 Å². The fourth-order valence-corrected chi connectivity index (χ4v) is 2.50. The highest BCUT2D eigenvalue weighted by atomic mass is 16.5. The summed E-state index contributed by atoms with van der Waals surface area (Å²) in [7, 11) is 0. The van der Waals surface area contributed by atoms with E-state index in [1.165, 1.54) is 0 Å². The summed E-state index contributed by atoms with van der Waals surface area (Å²) in [6.07, 6.45) is 3.48. The van der Waals surface area contributed by atoms with E-state index in [0.717, 1.165) is 37.0 Å². The first-order chi connectivity index (χ1) is 10.1. The summed E-state index contributed by atoms with van der Waals surface area (Å²) in [6.45, 7) is 4.05. The molecule has 1 unspecified atom stereocenters. The molecule has 112 valence electrons. The Bertz CT molecular complexity index is 619. The molecular formula is C16H21N3O2. The molecule has 1 aliphatic rings. The normalized spacial score (nSPS) is 18.0. The number of hydrogen-bond donors (Lipinski definition) is 1. The van der Waals surface area contributed by atoms with Gasteiger partial charge >= 0.3 is 0 Å². The lowest BCUT2D eigenvalue weighted by atomic mass is 9.77. The summed E-state index contributed by atoms with van der Waals surface area (Å²) >= 11 is 0. The number of aryl methyl sites for hydroxylation is 1. The number of aromatic nitrogens is 2. The van der Waals surface area contributed by atoms with Crippen molar-refractivity contribution in [3.63, 3.8) is 0 Å². The van der Waals surface area contributed by atoms with Crippen molar-refractivity contribution in [2.75, 3.05) is 0 Å². The average Bonchev–Trinajstić information content (AvgIpc) is 2.94. The van der Waals surface area contributed by atoms with E-state index in [0.29, 0.717) is 11.7 Å². The Morgan fingerprint density at radius 1 is 1.38 bits per heavy atom. The van der Waals surface area contributed by atoms with Gasteiger partial charge in [-0.15, -0.1) is 0 Å². The molecule has 0 amide bonds. The maximum absolute atomic E-state index is 6.23. The number of benzene rings is 1. The van der Waals surface area contributed by atoms with E-state index in [4.69, 9.17) is 15.0 Å². The Balaban J connectivity index is 1.79. The quantitative estimate of drug-likeness (QED) is 0.913. The zero-order chi connectivity index (χ0) is 14.9. The topological polar surface area (TPSA) is 74.2 Å². The van der Waals surface area contributed by atoms with Crippen molar-refractivity contribution in [2.45, 2.75) is 51.2 Å². The Labute approximate surface area is 124 Å². The molecule has 2 aromatic rings. The highest BCUT2D eigenvalue weighted by Gasteiger charge is 2.39. The van der Waals surface area contributed by atoms with Crippen molar-refractivity contribution < 1.29 is 9.26 Å². The molecule has 0 radical (unpaired) electrons. The largest absolute Gasteiger partial charge is 0.480 e. The molecule has 1 saturated carbocycles. The first-order valence-electron chi connectivity index (χ1n) is 7.47.